The molecule has 308 valence electrons. The lowest BCUT2D eigenvalue weighted by atomic mass is 10.1. The van der Waals surface area contributed by atoms with E-state index in [1.165, 1.54) is 44.9 Å². The summed E-state index contributed by atoms with van der Waals surface area (Å²) in [4.78, 5) is 45.7. The number of carbonyl (C=O) groups excluding carboxylic acids is 2. The molecule has 0 rings (SSSR count). The molecular weight excluding hydrogens is 709 g/mol. The summed E-state index contributed by atoms with van der Waals surface area (Å²) in [7, 11) is -4.73. The van der Waals surface area contributed by atoms with Gasteiger partial charge in [-0.05, 0) is 51.4 Å². The van der Waals surface area contributed by atoms with E-state index in [0.717, 1.165) is 57.8 Å². The van der Waals surface area contributed by atoms with E-state index in [-0.39, 0.29) is 19.4 Å². The van der Waals surface area contributed by atoms with Crippen LogP contribution in [0.1, 0.15) is 142 Å². The van der Waals surface area contributed by atoms with E-state index in [2.05, 4.69) is 79.1 Å². The van der Waals surface area contributed by atoms with Gasteiger partial charge in [-0.3, -0.25) is 23.4 Å². The van der Waals surface area contributed by atoms with Crippen LogP contribution in [0.5, 0.6) is 0 Å². The van der Waals surface area contributed by atoms with Crippen molar-refractivity contribution < 1.29 is 47.5 Å². The molecule has 0 saturated carbocycles. The molecule has 0 aromatic carbocycles. The summed E-state index contributed by atoms with van der Waals surface area (Å²) in [5.74, 6) is -2.49. The molecule has 0 heterocycles. The zero-order valence-corrected chi connectivity index (χ0v) is 33.9. The fraction of sp³-hybridized carbons (Fsp3) is 0.643. The van der Waals surface area contributed by atoms with Gasteiger partial charge in [0.15, 0.2) is 6.10 Å². The number of hydrogen-bond donors (Lipinski definition) is 3. The standard InChI is InChI=1S/C42H70NO10P/c1-3-5-7-9-11-13-15-16-17-18-19-20-21-22-24-25-27-29-31-33-40(44)50-35-38(36-51-54(48,49)52-37-39(43)42(46)47)53-41(45)34-32-30-28-26-23-14-12-10-8-6-4-2/h5,7,11,13,16-17,19-20,22,24,27,29,38-39H,3-4,6,8-10,12,14-15,18,21,23,25-26,28,30-37,43H2,1-2H3,(H,46,47)(H,48,49)/t38-,39+/m1/s1. The summed E-state index contributed by atoms with van der Waals surface area (Å²) in [5.41, 5.74) is 5.31. The number of phosphoric ester groups is 1. The fourth-order valence-electron chi connectivity index (χ4n) is 4.85. The number of carboxylic acids is 1. The first-order chi connectivity index (χ1) is 26.1. The van der Waals surface area contributed by atoms with Gasteiger partial charge in [0.25, 0.3) is 0 Å². The van der Waals surface area contributed by atoms with Gasteiger partial charge < -0.3 is 25.2 Å². The molecule has 0 fully saturated rings. The fourth-order valence-corrected chi connectivity index (χ4v) is 5.63. The van der Waals surface area contributed by atoms with Crippen LogP contribution in [0.4, 0.5) is 0 Å². The van der Waals surface area contributed by atoms with Crippen molar-refractivity contribution in [2.24, 2.45) is 5.73 Å². The van der Waals surface area contributed by atoms with Crippen LogP contribution in [0, 0.1) is 0 Å². The quantitative estimate of drug-likeness (QED) is 0.0239. The smallest absolute Gasteiger partial charge is 0.472 e. The molecule has 1 unspecified atom stereocenters. The Bertz CT molecular complexity index is 1190. The highest BCUT2D eigenvalue weighted by Crippen LogP contribution is 2.43. The zero-order valence-electron chi connectivity index (χ0n) is 33.0. The van der Waals surface area contributed by atoms with E-state index in [0.29, 0.717) is 12.8 Å². The first-order valence-electron chi connectivity index (χ1n) is 20.0. The van der Waals surface area contributed by atoms with Gasteiger partial charge in [-0.25, -0.2) is 4.57 Å². The van der Waals surface area contributed by atoms with Gasteiger partial charge in [-0.1, -0.05) is 151 Å². The van der Waals surface area contributed by atoms with Crippen molar-refractivity contribution >= 4 is 25.7 Å². The molecule has 3 atom stereocenters. The van der Waals surface area contributed by atoms with Crippen LogP contribution in [-0.4, -0.2) is 59.9 Å². The Morgan fingerprint density at radius 3 is 1.52 bits per heavy atom. The lowest BCUT2D eigenvalue weighted by Crippen LogP contribution is -2.34. The van der Waals surface area contributed by atoms with E-state index in [4.69, 9.17) is 24.8 Å². The zero-order chi connectivity index (χ0) is 40.0. The van der Waals surface area contributed by atoms with Crippen LogP contribution in [-0.2, 0) is 37.5 Å². The lowest BCUT2D eigenvalue weighted by Gasteiger charge is -2.20. The Balaban J connectivity index is 4.52. The second kappa shape index (κ2) is 36.9. The Morgan fingerprint density at radius 2 is 1.04 bits per heavy atom. The number of phosphoric acid groups is 1. The van der Waals surface area contributed by atoms with E-state index in [1.807, 2.05) is 12.2 Å². The van der Waals surface area contributed by atoms with Crippen LogP contribution in [0.2, 0.25) is 0 Å². The number of carboxylic acid groups (broad SMARTS) is 1. The SMILES string of the molecule is CCC=CCC=CCC=CCC=CCC=CCC=CCCC(=O)OC[C@H](COP(=O)(O)OC[C@H](N)C(=O)O)OC(=O)CCCCCCCCCCCCC. The minimum atomic E-state index is -4.73. The summed E-state index contributed by atoms with van der Waals surface area (Å²) in [5, 5.41) is 8.86. The van der Waals surface area contributed by atoms with Gasteiger partial charge in [0.1, 0.15) is 12.6 Å². The molecule has 11 nitrogen and oxygen atoms in total. The van der Waals surface area contributed by atoms with Crippen molar-refractivity contribution in [3.05, 3.63) is 72.9 Å². The average Bonchev–Trinajstić information content (AvgIpc) is 3.14. The molecule has 12 heteroatoms. The van der Waals surface area contributed by atoms with Crippen LogP contribution in [0.15, 0.2) is 72.9 Å². The normalized spacial score (nSPS) is 14.6. The highest BCUT2D eigenvalue weighted by Gasteiger charge is 2.28. The Morgan fingerprint density at radius 1 is 0.593 bits per heavy atom. The molecule has 0 amide bonds. The maximum atomic E-state index is 12.5. The van der Waals surface area contributed by atoms with Crippen molar-refractivity contribution in [1.82, 2.24) is 0 Å². The van der Waals surface area contributed by atoms with Gasteiger partial charge in [0, 0.05) is 12.8 Å². The molecular formula is C42H70NO10P. The van der Waals surface area contributed by atoms with E-state index < -0.39 is 51.1 Å². The molecule has 4 N–H and O–H groups in total. The van der Waals surface area contributed by atoms with E-state index in [1.54, 1.807) is 0 Å². The predicted octanol–water partition coefficient (Wildman–Crippen LogP) is 10.2. The summed E-state index contributed by atoms with van der Waals surface area (Å²) >= 11 is 0. The van der Waals surface area contributed by atoms with Gasteiger partial charge in [-0.15, -0.1) is 0 Å². The molecule has 0 aliphatic heterocycles. The number of hydrogen-bond acceptors (Lipinski definition) is 9. The Labute approximate surface area is 325 Å². The van der Waals surface area contributed by atoms with Gasteiger partial charge in [0.05, 0.1) is 13.2 Å². The summed E-state index contributed by atoms with van der Waals surface area (Å²) in [6.07, 6.45) is 42.7. The summed E-state index contributed by atoms with van der Waals surface area (Å²) in [6.45, 7) is 2.57. The minimum Gasteiger partial charge on any atom is -0.480 e. The van der Waals surface area contributed by atoms with Crippen LogP contribution < -0.4 is 5.73 Å². The molecule has 54 heavy (non-hydrogen) atoms. The number of unbranched alkanes of at least 4 members (excludes halogenated alkanes) is 10. The van der Waals surface area contributed by atoms with Crippen LogP contribution >= 0.6 is 7.82 Å². The largest absolute Gasteiger partial charge is 0.480 e. The maximum Gasteiger partial charge on any atom is 0.472 e. The maximum absolute atomic E-state index is 12.5. The van der Waals surface area contributed by atoms with E-state index >= 15 is 0 Å². The third-order valence-corrected chi connectivity index (χ3v) is 8.93. The minimum absolute atomic E-state index is 0.0944. The number of rotatable bonds is 36. The summed E-state index contributed by atoms with van der Waals surface area (Å²) in [6, 6.07) is -1.53. The first-order valence-corrected chi connectivity index (χ1v) is 21.5. The lowest BCUT2D eigenvalue weighted by molar-refractivity contribution is -0.161. The van der Waals surface area contributed by atoms with Gasteiger partial charge >= 0.3 is 25.7 Å². The molecule has 0 saturated heterocycles. The molecule has 0 aromatic heterocycles. The molecule has 0 aliphatic carbocycles. The second-order valence-electron chi connectivity index (χ2n) is 13.0. The molecule has 0 aromatic rings. The van der Waals surface area contributed by atoms with Crippen LogP contribution in [0.3, 0.4) is 0 Å². The average molecular weight is 780 g/mol. The van der Waals surface area contributed by atoms with Crippen molar-refractivity contribution in [3.8, 4) is 0 Å². The monoisotopic (exact) mass is 779 g/mol. The number of nitrogens with two attached hydrogens (primary N) is 1. The highest BCUT2D eigenvalue weighted by molar-refractivity contribution is 7.47. The predicted molar refractivity (Wildman–Crippen MR) is 217 cm³/mol. The number of ether oxygens (including phenoxy) is 2. The van der Waals surface area contributed by atoms with Crippen molar-refractivity contribution in [2.45, 2.75) is 154 Å². The first kappa shape index (κ1) is 50.9. The van der Waals surface area contributed by atoms with Gasteiger partial charge in [0.2, 0.25) is 0 Å². The van der Waals surface area contributed by atoms with Crippen molar-refractivity contribution in [2.75, 3.05) is 19.8 Å². The third kappa shape index (κ3) is 35.9. The molecule has 0 aliphatic rings. The van der Waals surface area contributed by atoms with Crippen LogP contribution in [0.25, 0.3) is 0 Å². The van der Waals surface area contributed by atoms with Crippen molar-refractivity contribution in [3.63, 3.8) is 0 Å². The van der Waals surface area contributed by atoms with E-state index in [9.17, 15) is 23.8 Å². The number of allylic oxidation sites excluding steroid dienone is 12. The number of carbonyl (C=O) groups is 3. The topological polar surface area (TPSA) is 172 Å². The molecule has 0 bridgehead atoms. The Kier molecular flexibility index (Phi) is 34.8. The molecule has 0 radical (unpaired) electrons. The number of esters is 2. The Hall–Kier alpha value is -3.08. The van der Waals surface area contributed by atoms with Gasteiger partial charge in [-0.2, -0.15) is 0 Å². The second-order valence-corrected chi connectivity index (χ2v) is 14.5. The summed E-state index contributed by atoms with van der Waals surface area (Å²) < 4.78 is 32.5. The number of aliphatic carboxylic acids is 1. The highest BCUT2D eigenvalue weighted by atomic mass is 31.2. The molecule has 0 spiro atoms. The third-order valence-electron chi connectivity index (χ3n) is 7.98. The van der Waals surface area contributed by atoms with Crippen molar-refractivity contribution in [1.29, 1.82) is 0 Å².